The van der Waals surface area contributed by atoms with E-state index in [9.17, 15) is 18.0 Å². The summed E-state index contributed by atoms with van der Waals surface area (Å²) in [5.74, 6) is -0.269. The number of hydrogen-bond donors (Lipinski definition) is 1. The monoisotopic (exact) mass is 286 g/mol. The zero-order chi connectivity index (χ0) is 14.4. The van der Waals surface area contributed by atoms with E-state index in [1.807, 2.05) is 20.8 Å². The van der Waals surface area contributed by atoms with E-state index in [0.717, 1.165) is 0 Å². The lowest BCUT2D eigenvalue weighted by Gasteiger charge is -2.26. The molecule has 1 N–H and O–H groups in total. The number of alkyl halides is 3. The maximum absolute atomic E-state index is 11.9. The number of rotatable bonds is 7. The Balaban J connectivity index is 3.79. The molecule has 0 amide bonds. The second-order valence-electron chi connectivity index (χ2n) is 5.38. The van der Waals surface area contributed by atoms with E-state index in [4.69, 9.17) is 5.11 Å². The molecule has 0 aliphatic carbocycles. The topological polar surface area (TPSA) is 37.3 Å². The lowest BCUT2D eigenvalue weighted by atomic mass is 9.92. The second-order valence-corrected chi connectivity index (χ2v) is 6.59. The smallest absolute Gasteiger partial charge is 0.389 e. The summed E-state index contributed by atoms with van der Waals surface area (Å²) in [6, 6.07) is 0. The predicted molar refractivity (Wildman–Crippen MR) is 67.9 cm³/mol. The molecule has 0 fully saturated rings. The van der Waals surface area contributed by atoms with Gasteiger partial charge in [-0.3, -0.25) is 4.79 Å². The Kier molecular flexibility index (Phi) is 7.10. The van der Waals surface area contributed by atoms with Gasteiger partial charge in [-0.1, -0.05) is 27.2 Å². The van der Waals surface area contributed by atoms with Crippen LogP contribution in [-0.2, 0) is 4.79 Å². The van der Waals surface area contributed by atoms with Gasteiger partial charge in [-0.2, -0.15) is 13.2 Å². The summed E-state index contributed by atoms with van der Waals surface area (Å²) in [4.78, 5) is 11.0. The van der Waals surface area contributed by atoms with Crippen molar-refractivity contribution in [3.05, 3.63) is 0 Å². The molecule has 0 radical (unpaired) electrons. The predicted octanol–water partition coefficient (Wildman–Crippen LogP) is 4.34. The minimum Gasteiger partial charge on any atom is -0.480 e. The van der Waals surface area contributed by atoms with Gasteiger partial charge in [-0.15, -0.1) is 11.8 Å². The van der Waals surface area contributed by atoms with Crippen molar-refractivity contribution in [2.75, 3.05) is 5.75 Å². The Labute approximate surface area is 110 Å². The third-order valence-electron chi connectivity index (χ3n) is 2.40. The molecule has 1 atom stereocenters. The van der Waals surface area contributed by atoms with Crippen LogP contribution < -0.4 is 0 Å². The first-order valence-corrected chi connectivity index (χ1v) is 7.00. The van der Waals surface area contributed by atoms with Crippen LogP contribution in [0.2, 0.25) is 0 Å². The minimum atomic E-state index is -4.08. The Morgan fingerprint density at radius 2 is 1.72 bits per heavy atom. The number of hydrogen-bond acceptors (Lipinski definition) is 2. The van der Waals surface area contributed by atoms with Gasteiger partial charge in [-0.05, 0) is 24.0 Å². The number of unbranched alkanes of at least 4 members (excludes halogenated alkanes) is 2. The Hall–Kier alpha value is -0.390. The second kappa shape index (κ2) is 7.26. The van der Waals surface area contributed by atoms with Gasteiger partial charge in [0.05, 0.1) is 0 Å². The zero-order valence-electron chi connectivity index (χ0n) is 11.0. The van der Waals surface area contributed by atoms with Crippen LogP contribution in [0.25, 0.3) is 0 Å². The highest BCUT2D eigenvalue weighted by molar-refractivity contribution is 8.00. The van der Waals surface area contributed by atoms with E-state index >= 15 is 0 Å². The SMILES string of the molecule is CC(C)(C)C(SCCCCCC(F)(F)F)C(=O)O. The maximum atomic E-state index is 11.9. The fourth-order valence-corrected chi connectivity index (χ4v) is 2.75. The summed E-state index contributed by atoms with van der Waals surface area (Å²) in [6.45, 7) is 5.55. The number of carboxylic acids is 1. The molecule has 2 nitrogen and oxygen atoms in total. The fourth-order valence-electron chi connectivity index (χ4n) is 1.50. The first-order chi connectivity index (χ1) is 8.04. The van der Waals surface area contributed by atoms with Gasteiger partial charge in [0.2, 0.25) is 0 Å². The largest absolute Gasteiger partial charge is 0.480 e. The van der Waals surface area contributed by atoms with Crippen molar-refractivity contribution in [2.45, 2.75) is 57.9 Å². The maximum Gasteiger partial charge on any atom is 0.389 e. The molecule has 0 bridgehead atoms. The highest BCUT2D eigenvalue weighted by atomic mass is 32.2. The quantitative estimate of drug-likeness (QED) is 0.707. The van der Waals surface area contributed by atoms with Gasteiger partial charge in [-0.25, -0.2) is 0 Å². The molecule has 0 aliphatic rings. The number of thioether (sulfide) groups is 1. The standard InChI is InChI=1S/C12H21F3O2S/c1-11(2,3)9(10(16)17)18-8-6-4-5-7-12(13,14)15/h9H,4-8H2,1-3H3,(H,16,17). The Morgan fingerprint density at radius 1 is 1.17 bits per heavy atom. The first-order valence-electron chi connectivity index (χ1n) is 5.95. The number of carboxylic acid groups (broad SMARTS) is 1. The van der Waals surface area contributed by atoms with Gasteiger partial charge in [0.15, 0.2) is 0 Å². The molecule has 0 spiro atoms. The summed E-state index contributed by atoms with van der Waals surface area (Å²) in [6.07, 6.45) is -3.59. The van der Waals surface area contributed by atoms with E-state index in [-0.39, 0.29) is 11.8 Å². The van der Waals surface area contributed by atoms with Crippen LogP contribution in [0.1, 0.15) is 46.5 Å². The van der Waals surface area contributed by atoms with E-state index < -0.39 is 23.8 Å². The molecule has 0 saturated heterocycles. The Morgan fingerprint density at radius 3 is 2.11 bits per heavy atom. The van der Waals surface area contributed by atoms with Gasteiger partial charge >= 0.3 is 12.1 Å². The zero-order valence-corrected chi connectivity index (χ0v) is 11.8. The van der Waals surface area contributed by atoms with Crippen molar-refractivity contribution in [2.24, 2.45) is 5.41 Å². The summed E-state index contributed by atoms with van der Waals surface area (Å²) in [7, 11) is 0. The molecule has 0 aromatic rings. The minimum absolute atomic E-state index is 0.122. The lowest BCUT2D eigenvalue weighted by molar-refractivity contribution is -0.138. The van der Waals surface area contributed by atoms with Gasteiger partial charge in [0.25, 0.3) is 0 Å². The molecule has 6 heteroatoms. The third-order valence-corrected chi connectivity index (χ3v) is 4.17. The van der Waals surface area contributed by atoms with Crippen LogP contribution in [0.15, 0.2) is 0 Å². The number of aliphatic carboxylic acids is 1. The van der Waals surface area contributed by atoms with Gasteiger partial charge in [0, 0.05) is 6.42 Å². The molecule has 0 heterocycles. The molecule has 1 unspecified atom stereocenters. The molecule has 0 aromatic carbocycles. The molecule has 0 aromatic heterocycles. The van der Waals surface area contributed by atoms with Crippen LogP contribution >= 0.6 is 11.8 Å². The van der Waals surface area contributed by atoms with Crippen LogP contribution in [-0.4, -0.2) is 28.3 Å². The highest BCUT2D eigenvalue weighted by Crippen LogP contribution is 2.31. The van der Waals surface area contributed by atoms with E-state index in [1.54, 1.807) is 0 Å². The van der Waals surface area contributed by atoms with Gasteiger partial charge in [0.1, 0.15) is 5.25 Å². The van der Waals surface area contributed by atoms with Crippen LogP contribution in [0.4, 0.5) is 13.2 Å². The summed E-state index contributed by atoms with van der Waals surface area (Å²) in [5, 5.41) is 8.53. The fraction of sp³-hybridized carbons (Fsp3) is 0.917. The first kappa shape index (κ1) is 17.6. The van der Waals surface area contributed by atoms with E-state index in [2.05, 4.69) is 0 Å². The van der Waals surface area contributed by atoms with Crippen molar-refractivity contribution in [3.63, 3.8) is 0 Å². The van der Waals surface area contributed by atoms with Crippen LogP contribution in [0.3, 0.4) is 0 Å². The van der Waals surface area contributed by atoms with Crippen molar-refractivity contribution in [1.82, 2.24) is 0 Å². The van der Waals surface area contributed by atoms with Crippen molar-refractivity contribution >= 4 is 17.7 Å². The van der Waals surface area contributed by atoms with E-state index in [0.29, 0.717) is 18.6 Å². The van der Waals surface area contributed by atoms with Crippen molar-refractivity contribution in [3.8, 4) is 0 Å². The number of halogens is 3. The summed E-state index contributed by atoms with van der Waals surface area (Å²) >= 11 is 1.31. The van der Waals surface area contributed by atoms with E-state index in [1.165, 1.54) is 11.8 Å². The lowest BCUT2D eigenvalue weighted by Crippen LogP contribution is -2.31. The number of carbonyl (C=O) groups is 1. The molecule has 0 rings (SSSR count). The summed E-state index contributed by atoms with van der Waals surface area (Å²) in [5.41, 5.74) is -0.345. The van der Waals surface area contributed by atoms with Crippen LogP contribution in [0, 0.1) is 5.41 Å². The van der Waals surface area contributed by atoms with Gasteiger partial charge < -0.3 is 5.11 Å². The molecule has 18 heavy (non-hydrogen) atoms. The summed E-state index contributed by atoms with van der Waals surface area (Å²) < 4.78 is 35.6. The highest BCUT2D eigenvalue weighted by Gasteiger charge is 2.31. The van der Waals surface area contributed by atoms with Crippen molar-refractivity contribution < 1.29 is 23.1 Å². The van der Waals surface area contributed by atoms with Crippen molar-refractivity contribution in [1.29, 1.82) is 0 Å². The average Bonchev–Trinajstić information content (AvgIpc) is 2.11. The molecular formula is C12H21F3O2S. The Bertz CT molecular complexity index is 259. The molecule has 108 valence electrons. The molecule has 0 aliphatic heterocycles. The molecule has 0 saturated carbocycles. The third kappa shape index (κ3) is 8.66. The molecular weight excluding hydrogens is 265 g/mol. The van der Waals surface area contributed by atoms with Crippen LogP contribution in [0.5, 0.6) is 0 Å². The normalized spacial score (nSPS) is 14.6. The average molecular weight is 286 g/mol.